The Hall–Kier alpha value is -2.28. The molecule has 0 radical (unpaired) electrons. The summed E-state index contributed by atoms with van der Waals surface area (Å²) in [5.41, 5.74) is 15.5. The number of anilines is 2. The number of hydrogen-bond acceptors (Lipinski definition) is 1. The minimum Gasteiger partial charge on any atom is -0.332 e. The Labute approximate surface area is 221 Å². The second-order valence-electron chi connectivity index (χ2n) is 14.9. The third-order valence-corrected chi connectivity index (χ3v) is 13.2. The van der Waals surface area contributed by atoms with Crippen molar-refractivity contribution in [2.24, 2.45) is 23.7 Å². The van der Waals surface area contributed by atoms with Crippen molar-refractivity contribution < 1.29 is 0 Å². The summed E-state index contributed by atoms with van der Waals surface area (Å²) < 4.78 is 0. The maximum absolute atomic E-state index is 3.00. The predicted molar refractivity (Wildman–Crippen MR) is 150 cm³/mol. The van der Waals surface area contributed by atoms with Crippen molar-refractivity contribution in [1.82, 2.24) is 0 Å². The monoisotopic (exact) mass is 483 g/mol. The van der Waals surface area contributed by atoms with Crippen LogP contribution < -0.4 is 4.90 Å². The van der Waals surface area contributed by atoms with Gasteiger partial charge in [0.2, 0.25) is 0 Å². The van der Waals surface area contributed by atoms with E-state index >= 15 is 0 Å². The molecule has 0 aromatic heterocycles. The van der Waals surface area contributed by atoms with E-state index in [1.807, 2.05) is 11.1 Å². The summed E-state index contributed by atoms with van der Waals surface area (Å²) >= 11 is 0. The molecule has 37 heavy (non-hydrogen) atoms. The molecule has 2 aliphatic heterocycles. The van der Waals surface area contributed by atoms with Gasteiger partial charge in [-0.3, -0.25) is 0 Å². The maximum Gasteiger partial charge on any atom is 0.0702 e. The first-order chi connectivity index (χ1) is 18.3. The molecule has 186 valence electrons. The van der Waals surface area contributed by atoms with Gasteiger partial charge in [-0.25, -0.2) is 0 Å². The van der Waals surface area contributed by atoms with E-state index in [4.69, 9.17) is 0 Å². The second kappa shape index (κ2) is 6.47. The Balaban J connectivity index is 1.21. The van der Waals surface area contributed by atoms with Crippen LogP contribution in [0.1, 0.15) is 127 Å². The van der Waals surface area contributed by atoms with Crippen LogP contribution in [-0.4, -0.2) is 6.04 Å². The van der Waals surface area contributed by atoms with E-state index in [0.717, 1.165) is 47.3 Å². The van der Waals surface area contributed by atoms with Crippen molar-refractivity contribution in [3.8, 4) is 0 Å². The lowest BCUT2D eigenvalue weighted by Crippen LogP contribution is -2.28. The molecule has 0 N–H and O–H groups in total. The third kappa shape index (κ3) is 2.29. The van der Waals surface area contributed by atoms with Gasteiger partial charge in [-0.2, -0.15) is 0 Å². The van der Waals surface area contributed by atoms with E-state index in [0.29, 0.717) is 12.0 Å². The average molecular weight is 484 g/mol. The molecule has 8 bridgehead atoms. The van der Waals surface area contributed by atoms with Crippen LogP contribution in [0.2, 0.25) is 0 Å². The van der Waals surface area contributed by atoms with Gasteiger partial charge in [-0.1, -0.05) is 42.5 Å². The van der Waals surface area contributed by atoms with Crippen molar-refractivity contribution in [2.45, 2.75) is 99.8 Å². The Morgan fingerprint density at radius 1 is 0.541 bits per heavy atom. The highest BCUT2D eigenvalue weighted by Crippen LogP contribution is 2.67. The number of allylic oxidation sites excluding steroid dienone is 2. The fraction of sp³-hybridized carbons (Fsp3) is 0.556. The van der Waals surface area contributed by atoms with Gasteiger partial charge in [-0.05, 0) is 145 Å². The number of nitrogens with zero attached hydrogens (tertiary/aromatic N) is 1. The summed E-state index contributed by atoms with van der Waals surface area (Å²) in [4.78, 5) is 3.00. The number of hydrogen-bond donors (Lipinski definition) is 0. The normalized spacial score (nSPS) is 43.7. The fourth-order valence-electron chi connectivity index (χ4n) is 12.4. The molecule has 2 aromatic carbocycles. The van der Waals surface area contributed by atoms with Gasteiger partial charge in [0.15, 0.2) is 0 Å². The van der Waals surface area contributed by atoms with Gasteiger partial charge in [0.1, 0.15) is 0 Å². The molecular weight excluding hydrogens is 446 g/mol. The van der Waals surface area contributed by atoms with Crippen molar-refractivity contribution in [2.75, 3.05) is 4.90 Å². The van der Waals surface area contributed by atoms with Crippen molar-refractivity contribution >= 4 is 16.9 Å². The van der Waals surface area contributed by atoms with Crippen LogP contribution in [0.15, 0.2) is 42.5 Å². The number of fused-ring (bicyclic) bond motifs is 6. The molecule has 1 heteroatoms. The van der Waals surface area contributed by atoms with Crippen LogP contribution in [0.5, 0.6) is 0 Å². The molecule has 13 rings (SSSR count). The van der Waals surface area contributed by atoms with Crippen LogP contribution in [0.25, 0.3) is 5.57 Å². The fourth-order valence-corrected chi connectivity index (χ4v) is 12.4. The molecule has 1 nitrogen and oxygen atoms in total. The first kappa shape index (κ1) is 19.7. The highest BCUT2D eigenvalue weighted by molar-refractivity contribution is 6.00. The Morgan fingerprint density at radius 3 is 1.73 bits per heavy atom. The number of rotatable bonds is 0. The smallest absolute Gasteiger partial charge is 0.0702 e. The summed E-state index contributed by atoms with van der Waals surface area (Å²) in [6.45, 7) is 0. The molecule has 11 aliphatic rings. The minimum absolute atomic E-state index is 0.503. The number of benzene rings is 2. The Bertz CT molecular complexity index is 1450. The zero-order valence-electron chi connectivity index (χ0n) is 21.8. The van der Waals surface area contributed by atoms with Crippen LogP contribution >= 0.6 is 0 Å². The van der Waals surface area contributed by atoms with Gasteiger partial charge in [0.05, 0.1) is 11.7 Å². The van der Waals surface area contributed by atoms with Crippen molar-refractivity contribution in [1.29, 1.82) is 0 Å². The predicted octanol–water partition coefficient (Wildman–Crippen LogP) is 9.04. The van der Waals surface area contributed by atoms with Gasteiger partial charge >= 0.3 is 0 Å². The molecule has 4 saturated carbocycles. The first-order valence-electron chi connectivity index (χ1n) is 15.8. The van der Waals surface area contributed by atoms with Crippen molar-refractivity contribution in [3.63, 3.8) is 0 Å². The lowest BCUT2D eigenvalue weighted by atomic mass is 9.67. The largest absolute Gasteiger partial charge is 0.332 e. The molecule has 6 unspecified atom stereocenters. The lowest BCUT2D eigenvalue weighted by molar-refractivity contribution is 0.166. The Morgan fingerprint density at radius 2 is 1.08 bits per heavy atom. The summed E-state index contributed by atoms with van der Waals surface area (Å²) in [7, 11) is 0. The minimum atomic E-state index is 0.503. The molecule has 6 atom stereocenters. The van der Waals surface area contributed by atoms with Gasteiger partial charge in [-0.15, -0.1) is 0 Å². The highest BCUT2D eigenvalue weighted by atomic mass is 15.2. The molecular formula is C36H37N. The van der Waals surface area contributed by atoms with E-state index in [2.05, 4.69) is 47.4 Å². The van der Waals surface area contributed by atoms with E-state index < -0.39 is 0 Å². The maximum atomic E-state index is 3.00. The average Bonchev–Trinajstić information content (AvgIpc) is 3.28. The zero-order chi connectivity index (χ0) is 23.6. The third-order valence-electron chi connectivity index (χ3n) is 13.2. The van der Waals surface area contributed by atoms with E-state index in [1.165, 1.54) is 64.2 Å². The Kier molecular flexibility index (Phi) is 3.45. The van der Waals surface area contributed by atoms with E-state index in [1.54, 1.807) is 39.2 Å². The molecule has 9 aliphatic carbocycles. The van der Waals surface area contributed by atoms with E-state index in [9.17, 15) is 0 Å². The van der Waals surface area contributed by atoms with Crippen LogP contribution in [0.4, 0.5) is 11.4 Å². The molecule has 0 amide bonds. The van der Waals surface area contributed by atoms with E-state index in [-0.39, 0.29) is 0 Å². The molecule has 2 aromatic rings. The zero-order valence-corrected chi connectivity index (χ0v) is 21.8. The van der Waals surface area contributed by atoms with Gasteiger partial charge in [0.25, 0.3) is 0 Å². The summed E-state index contributed by atoms with van der Waals surface area (Å²) in [5, 5.41) is 0. The first-order valence-corrected chi connectivity index (χ1v) is 15.8. The standard InChI is InChI=1S/C36H37N/c1-2-28-30-6-4-26-22-10-18-8-19(11-22)15-24(14-18)32(26)35(30)37-34(28)29(3-1)31-7-5-27-23-12-20-9-21(13-23)17-25(16-20)33(27)36(31)37/h1-7,18-25,28,34H,8-17H2. The molecule has 0 spiro atoms. The molecule has 4 fully saturated rings. The van der Waals surface area contributed by atoms with Gasteiger partial charge < -0.3 is 4.90 Å². The summed E-state index contributed by atoms with van der Waals surface area (Å²) in [6.07, 6.45) is 22.2. The van der Waals surface area contributed by atoms with Crippen LogP contribution in [0.3, 0.4) is 0 Å². The summed E-state index contributed by atoms with van der Waals surface area (Å²) in [6, 6.07) is 10.9. The molecule has 0 saturated heterocycles. The quantitative estimate of drug-likeness (QED) is 0.361. The van der Waals surface area contributed by atoms with Crippen LogP contribution in [0, 0.1) is 23.7 Å². The van der Waals surface area contributed by atoms with Gasteiger partial charge in [0, 0.05) is 17.2 Å². The molecule has 2 heterocycles. The van der Waals surface area contributed by atoms with Crippen molar-refractivity contribution in [3.05, 3.63) is 75.9 Å². The highest BCUT2D eigenvalue weighted by Gasteiger charge is 2.54. The SMILES string of the molecule is C1=CC2c3ccc4c(c3N3c5c(ccc6c5C5CC7CC(CC6C7)C5)C(=C1)C23)C1CC2CC(CC4C2)C1. The topological polar surface area (TPSA) is 3.24 Å². The lowest BCUT2D eigenvalue weighted by Gasteiger charge is -2.39. The van der Waals surface area contributed by atoms with Crippen LogP contribution in [-0.2, 0) is 0 Å². The second-order valence-corrected chi connectivity index (χ2v) is 14.9. The summed E-state index contributed by atoms with van der Waals surface area (Å²) in [5.74, 6) is 7.71.